The smallest absolute Gasteiger partial charge is 0.325 e. The molecule has 0 saturated heterocycles. The number of nitrogens with zero attached hydrogens (tertiary/aromatic N) is 1. The molecule has 0 aliphatic carbocycles. The fraction of sp³-hybridized carbons (Fsp3) is 0.190. The number of esters is 1. The highest BCUT2D eigenvalue weighted by atomic mass is 35.5. The number of ether oxygens (including phenoxy) is 1. The van der Waals surface area contributed by atoms with Gasteiger partial charge in [-0.2, -0.15) is 0 Å². The quantitative estimate of drug-likeness (QED) is 0.583. The number of amides is 2. The summed E-state index contributed by atoms with van der Waals surface area (Å²) < 4.78 is 5.96. The lowest BCUT2D eigenvalue weighted by molar-refractivity contribution is -0.146. The number of carbonyl (C=O) groups is 3. The van der Waals surface area contributed by atoms with Crippen LogP contribution in [0.4, 0.5) is 5.69 Å². The zero-order valence-corrected chi connectivity index (χ0v) is 18.1. The molecule has 2 amide bonds. The molecule has 1 N–H and O–H groups in total. The Hall–Kier alpha value is -2.55. The van der Waals surface area contributed by atoms with Gasteiger partial charge in [0.2, 0.25) is 0 Å². The highest BCUT2D eigenvalue weighted by Gasteiger charge is 2.24. The number of benzene rings is 2. The Morgan fingerprint density at radius 2 is 1.87 bits per heavy atom. The van der Waals surface area contributed by atoms with Gasteiger partial charge in [-0.15, -0.1) is 23.1 Å². The largest absolute Gasteiger partial charge is 0.454 e. The Bertz CT molecular complexity index is 1130. The first-order valence-electron chi connectivity index (χ1n) is 9.17. The van der Waals surface area contributed by atoms with E-state index in [2.05, 4.69) is 5.32 Å². The zero-order valence-electron chi connectivity index (χ0n) is 15.7. The molecule has 9 heteroatoms. The summed E-state index contributed by atoms with van der Waals surface area (Å²) in [5.41, 5.74) is 0.822. The van der Waals surface area contributed by atoms with Gasteiger partial charge in [-0.3, -0.25) is 14.4 Å². The van der Waals surface area contributed by atoms with Gasteiger partial charge in [0.05, 0.1) is 10.7 Å². The van der Waals surface area contributed by atoms with E-state index in [1.165, 1.54) is 11.3 Å². The summed E-state index contributed by atoms with van der Waals surface area (Å²) in [7, 11) is 0. The molecule has 1 aliphatic rings. The van der Waals surface area contributed by atoms with Crippen molar-refractivity contribution in [2.45, 2.75) is 4.90 Å². The van der Waals surface area contributed by atoms with E-state index >= 15 is 0 Å². The van der Waals surface area contributed by atoms with Crippen molar-refractivity contribution in [1.29, 1.82) is 0 Å². The average Bonchev–Trinajstić information content (AvgIpc) is 3.12. The number of rotatable bonds is 5. The normalized spacial score (nSPS) is 13.0. The number of para-hydroxylation sites is 1. The molecule has 0 saturated carbocycles. The fourth-order valence-electron chi connectivity index (χ4n) is 3.09. The molecule has 0 fully saturated rings. The van der Waals surface area contributed by atoms with Gasteiger partial charge in [0, 0.05) is 27.3 Å². The lowest BCUT2D eigenvalue weighted by atomic mass is 10.2. The summed E-state index contributed by atoms with van der Waals surface area (Å²) >= 11 is 9.22. The number of halogens is 1. The van der Waals surface area contributed by atoms with Crippen molar-refractivity contribution < 1.29 is 19.1 Å². The SMILES string of the molecule is O=C(CNC(=O)c1sc2ccccc2c1Cl)OCC(=O)N1CCSc2ccccc21. The van der Waals surface area contributed by atoms with Crippen LogP contribution >= 0.6 is 34.7 Å². The van der Waals surface area contributed by atoms with Crippen molar-refractivity contribution >= 4 is 68.3 Å². The number of anilines is 1. The van der Waals surface area contributed by atoms with Gasteiger partial charge in [0.1, 0.15) is 11.4 Å². The van der Waals surface area contributed by atoms with Gasteiger partial charge < -0.3 is 15.0 Å². The summed E-state index contributed by atoms with van der Waals surface area (Å²) in [4.78, 5) is 39.9. The highest BCUT2D eigenvalue weighted by Crippen LogP contribution is 2.35. The Kier molecular flexibility index (Phi) is 6.26. The van der Waals surface area contributed by atoms with Crippen LogP contribution in [-0.2, 0) is 14.3 Å². The molecular formula is C21H17ClN2O4S2. The maximum absolute atomic E-state index is 12.5. The van der Waals surface area contributed by atoms with E-state index in [-0.39, 0.29) is 19.1 Å². The maximum Gasteiger partial charge on any atom is 0.325 e. The zero-order chi connectivity index (χ0) is 21.1. The van der Waals surface area contributed by atoms with Crippen LogP contribution in [0.25, 0.3) is 10.1 Å². The van der Waals surface area contributed by atoms with Crippen molar-refractivity contribution in [3.05, 3.63) is 58.4 Å². The van der Waals surface area contributed by atoms with Crippen molar-refractivity contribution in [2.75, 3.05) is 30.3 Å². The van der Waals surface area contributed by atoms with Crippen molar-refractivity contribution in [1.82, 2.24) is 5.32 Å². The molecule has 1 aromatic heterocycles. The number of thiophene rings is 1. The van der Waals surface area contributed by atoms with Gasteiger partial charge in [-0.25, -0.2) is 0 Å². The number of fused-ring (bicyclic) bond motifs is 2. The lowest BCUT2D eigenvalue weighted by Gasteiger charge is -2.28. The first-order chi connectivity index (χ1) is 14.5. The summed E-state index contributed by atoms with van der Waals surface area (Å²) in [5.74, 6) is -0.655. The highest BCUT2D eigenvalue weighted by molar-refractivity contribution is 7.99. The van der Waals surface area contributed by atoms with Gasteiger partial charge in [-0.1, -0.05) is 41.9 Å². The van der Waals surface area contributed by atoms with Crippen LogP contribution in [0.5, 0.6) is 0 Å². The number of hydrogen-bond donors (Lipinski definition) is 1. The third kappa shape index (κ3) is 4.30. The number of carbonyl (C=O) groups excluding carboxylic acids is 3. The van der Waals surface area contributed by atoms with Crippen LogP contribution in [0.3, 0.4) is 0 Å². The van der Waals surface area contributed by atoms with Gasteiger partial charge in [-0.05, 0) is 18.2 Å². The molecule has 30 heavy (non-hydrogen) atoms. The van der Waals surface area contributed by atoms with E-state index in [1.54, 1.807) is 16.7 Å². The topological polar surface area (TPSA) is 75.7 Å². The van der Waals surface area contributed by atoms with Crippen molar-refractivity contribution in [3.8, 4) is 0 Å². The number of thioether (sulfide) groups is 1. The Labute approximate surface area is 186 Å². The Balaban J connectivity index is 1.30. The first-order valence-corrected chi connectivity index (χ1v) is 11.4. The molecule has 3 aromatic rings. The third-order valence-electron chi connectivity index (χ3n) is 4.52. The minimum atomic E-state index is -0.686. The average molecular weight is 461 g/mol. The van der Waals surface area contributed by atoms with Crippen LogP contribution in [0.2, 0.25) is 5.02 Å². The predicted octanol–water partition coefficient (Wildman–Crippen LogP) is 3.97. The molecule has 0 spiro atoms. The minimum Gasteiger partial charge on any atom is -0.454 e. The fourth-order valence-corrected chi connectivity index (χ4v) is 5.52. The van der Waals surface area contributed by atoms with Crippen LogP contribution < -0.4 is 10.2 Å². The molecule has 154 valence electrons. The van der Waals surface area contributed by atoms with E-state index in [0.717, 1.165) is 26.4 Å². The second kappa shape index (κ2) is 9.07. The summed E-state index contributed by atoms with van der Waals surface area (Å²) in [6.07, 6.45) is 0. The standard InChI is InChI=1S/C21H17ClN2O4S2/c22-19-13-5-1-3-7-15(13)30-20(19)21(27)23-11-18(26)28-12-17(25)24-9-10-29-16-8-4-2-6-14(16)24/h1-8H,9-12H2,(H,23,27). The van der Waals surface area contributed by atoms with Gasteiger partial charge >= 0.3 is 5.97 Å². The third-order valence-corrected chi connectivity index (χ3v) is 7.24. The molecule has 0 radical (unpaired) electrons. The van der Waals surface area contributed by atoms with Gasteiger partial charge in [0.15, 0.2) is 6.61 Å². The van der Waals surface area contributed by atoms with Crippen molar-refractivity contribution in [3.63, 3.8) is 0 Å². The summed E-state index contributed by atoms with van der Waals surface area (Å²) in [6.45, 7) is -0.167. The number of hydrogen-bond acceptors (Lipinski definition) is 6. The van der Waals surface area contributed by atoms with Crippen LogP contribution in [0, 0.1) is 0 Å². The maximum atomic E-state index is 12.5. The van der Waals surface area contributed by atoms with Crippen LogP contribution in [-0.4, -0.2) is 43.2 Å². The molecule has 0 bridgehead atoms. The Morgan fingerprint density at radius 3 is 2.70 bits per heavy atom. The molecule has 2 heterocycles. The van der Waals surface area contributed by atoms with E-state index < -0.39 is 11.9 Å². The molecular weight excluding hydrogens is 444 g/mol. The van der Waals surface area contributed by atoms with E-state index in [9.17, 15) is 14.4 Å². The second-order valence-electron chi connectivity index (χ2n) is 6.45. The molecule has 6 nitrogen and oxygen atoms in total. The van der Waals surface area contributed by atoms with Crippen LogP contribution in [0.15, 0.2) is 53.4 Å². The molecule has 4 rings (SSSR count). The van der Waals surface area contributed by atoms with Crippen molar-refractivity contribution in [2.24, 2.45) is 0 Å². The lowest BCUT2D eigenvalue weighted by Crippen LogP contribution is -2.39. The molecule has 2 aromatic carbocycles. The van der Waals surface area contributed by atoms with E-state index in [1.807, 2.05) is 48.5 Å². The van der Waals surface area contributed by atoms with Gasteiger partial charge in [0.25, 0.3) is 11.8 Å². The first kappa shape index (κ1) is 20.7. The summed E-state index contributed by atoms with van der Waals surface area (Å²) in [6, 6.07) is 15.0. The molecule has 0 atom stereocenters. The minimum absolute atomic E-state index is 0.296. The second-order valence-corrected chi connectivity index (χ2v) is 9.01. The Morgan fingerprint density at radius 1 is 1.10 bits per heavy atom. The number of nitrogens with one attached hydrogen (secondary N) is 1. The molecule has 0 unspecified atom stereocenters. The molecule has 1 aliphatic heterocycles. The van der Waals surface area contributed by atoms with Crippen LogP contribution in [0.1, 0.15) is 9.67 Å². The summed E-state index contributed by atoms with van der Waals surface area (Å²) in [5, 5.41) is 3.66. The van der Waals surface area contributed by atoms with E-state index in [4.69, 9.17) is 16.3 Å². The predicted molar refractivity (Wildman–Crippen MR) is 120 cm³/mol. The van der Waals surface area contributed by atoms with E-state index in [0.29, 0.717) is 16.4 Å². The monoisotopic (exact) mass is 460 g/mol.